The number of nitrogens with one attached hydrogen (secondary N) is 1. The summed E-state index contributed by atoms with van der Waals surface area (Å²) < 4.78 is 27.9. The normalized spacial score (nSPS) is 9.53. The van der Waals surface area contributed by atoms with Crippen molar-refractivity contribution >= 4 is 52.1 Å². The first-order valence-electron chi connectivity index (χ1n) is 4.81. The third-order valence-corrected chi connectivity index (χ3v) is 2.22. The molecule has 0 aliphatic carbocycles. The van der Waals surface area contributed by atoms with Crippen molar-refractivity contribution in [2.24, 2.45) is 0 Å². The van der Waals surface area contributed by atoms with Gasteiger partial charge in [0.05, 0.1) is 12.2 Å². The number of carbonyl (C=O) groups is 1. The number of thiol groups is 1. The van der Waals surface area contributed by atoms with Crippen LogP contribution in [0.15, 0.2) is 24.3 Å². The molecule has 17 heavy (non-hydrogen) atoms. The monoisotopic (exact) mass is 266 g/mol. The number of hydrogen-bond donors (Lipinski definition) is 2. The molecule has 0 aromatic heterocycles. The quantitative estimate of drug-likeness (QED) is 0.470. The molecular formula is C10H13NNaO4S. The summed E-state index contributed by atoms with van der Waals surface area (Å²) >= 11 is 0. The van der Waals surface area contributed by atoms with Gasteiger partial charge in [0.15, 0.2) is 0 Å². The van der Waals surface area contributed by atoms with Crippen LogP contribution < -0.4 is 4.72 Å². The Morgan fingerprint density at radius 1 is 1.29 bits per heavy atom. The van der Waals surface area contributed by atoms with Crippen molar-refractivity contribution in [3.8, 4) is 0 Å². The van der Waals surface area contributed by atoms with E-state index in [1.807, 2.05) is 6.92 Å². The van der Waals surface area contributed by atoms with E-state index in [-0.39, 0.29) is 29.6 Å². The maximum absolute atomic E-state index is 11.4. The molecule has 1 rings (SSSR count). The Labute approximate surface area is 124 Å². The number of hydrogen-bond acceptors (Lipinski definition) is 4. The van der Waals surface area contributed by atoms with Gasteiger partial charge in [0.25, 0.3) is 0 Å². The smallest absolute Gasteiger partial charge is 0.338 e. The molecule has 5 nitrogen and oxygen atoms in total. The molecular weight excluding hydrogens is 253 g/mol. The second-order valence-corrected chi connectivity index (χ2v) is 3.82. The van der Waals surface area contributed by atoms with Crippen molar-refractivity contribution in [1.29, 1.82) is 0 Å². The first-order valence-corrected chi connectivity index (χ1v) is 5.99. The minimum Gasteiger partial charge on any atom is -0.462 e. The Bertz CT molecular complexity index is 422. The zero-order valence-electron chi connectivity index (χ0n) is 9.80. The average Bonchev–Trinajstić information content (AvgIpc) is 2.26. The summed E-state index contributed by atoms with van der Waals surface area (Å²) in [6.45, 7) is 2.29. The molecule has 0 atom stereocenters. The second-order valence-electron chi connectivity index (χ2n) is 3.08. The fraction of sp³-hybridized carbons (Fsp3) is 0.300. The molecule has 1 aromatic carbocycles. The Morgan fingerprint density at radius 2 is 1.88 bits per heavy atom. The predicted molar refractivity (Wildman–Crippen MR) is 66.7 cm³/mol. The van der Waals surface area contributed by atoms with Gasteiger partial charge in [0.2, 0.25) is 10.9 Å². The van der Waals surface area contributed by atoms with Crippen molar-refractivity contribution in [3.63, 3.8) is 0 Å². The summed E-state index contributed by atoms with van der Waals surface area (Å²) in [6, 6.07) is 6.04. The van der Waals surface area contributed by atoms with Gasteiger partial charge in [-0.25, -0.2) is 13.2 Å². The third kappa shape index (κ3) is 6.07. The van der Waals surface area contributed by atoms with Crippen LogP contribution >= 0.6 is 0 Å². The molecule has 0 amide bonds. The van der Waals surface area contributed by atoms with Crippen molar-refractivity contribution in [1.82, 2.24) is 0 Å². The van der Waals surface area contributed by atoms with Gasteiger partial charge >= 0.3 is 5.97 Å². The SMILES string of the molecule is CCCOC(=O)c1ccc(N[SH](=O)=O)cc1.[Na]. The summed E-state index contributed by atoms with van der Waals surface area (Å²) in [7, 11) is -2.68. The molecule has 89 valence electrons. The molecule has 0 heterocycles. The minimum atomic E-state index is -2.68. The predicted octanol–water partition coefficient (Wildman–Crippen LogP) is 0.811. The van der Waals surface area contributed by atoms with Crippen LogP contribution in [0.4, 0.5) is 5.69 Å². The summed E-state index contributed by atoms with van der Waals surface area (Å²) in [5, 5.41) is 0. The maximum atomic E-state index is 11.4. The van der Waals surface area contributed by atoms with Crippen LogP contribution in [0, 0.1) is 0 Å². The molecule has 0 spiro atoms. The molecule has 1 aromatic rings. The molecule has 0 saturated carbocycles. The van der Waals surface area contributed by atoms with Crippen LogP contribution in [0.3, 0.4) is 0 Å². The zero-order chi connectivity index (χ0) is 12.0. The second kappa shape index (κ2) is 8.52. The van der Waals surface area contributed by atoms with E-state index in [9.17, 15) is 13.2 Å². The summed E-state index contributed by atoms with van der Waals surface area (Å²) in [6.07, 6.45) is 0.766. The summed E-state index contributed by atoms with van der Waals surface area (Å²) in [5.74, 6) is -0.403. The van der Waals surface area contributed by atoms with Crippen molar-refractivity contribution < 1.29 is 17.9 Å². The number of rotatable bonds is 5. The van der Waals surface area contributed by atoms with Crippen LogP contribution in [0.1, 0.15) is 23.7 Å². The first kappa shape index (κ1) is 16.4. The van der Waals surface area contributed by atoms with Gasteiger partial charge in [-0.2, -0.15) is 0 Å². The van der Waals surface area contributed by atoms with Gasteiger partial charge in [0.1, 0.15) is 0 Å². The van der Waals surface area contributed by atoms with E-state index in [1.165, 1.54) is 24.3 Å². The minimum absolute atomic E-state index is 0. The number of ether oxygens (including phenoxy) is 1. The number of esters is 1. The van der Waals surface area contributed by atoms with Crippen LogP contribution in [0.5, 0.6) is 0 Å². The maximum Gasteiger partial charge on any atom is 0.338 e. The zero-order valence-corrected chi connectivity index (χ0v) is 12.7. The molecule has 1 N–H and O–H groups in total. The van der Waals surface area contributed by atoms with Gasteiger partial charge in [-0.1, -0.05) is 6.92 Å². The van der Waals surface area contributed by atoms with Crippen LogP contribution in [0.25, 0.3) is 0 Å². The summed E-state index contributed by atoms with van der Waals surface area (Å²) in [4.78, 5) is 11.4. The van der Waals surface area contributed by atoms with Gasteiger partial charge in [-0.15, -0.1) is 0 Å². The van der Waals surface area contributed by atoms with E-state index in [0.29, 0.717) is 17.9 Å². The summed E-state index contributed by atoms with van der Waals surface area (Å²) in [5.41, 5.74) is 0.822. The standard InChI is InChI=1S/C10H13NO4S.Na/c1-2-7-15-10(12)8-3-5-9(6-4-8)11-16(13)14;/h3-6,16H,2,7H2,1H3,(H,11,13,14);. The molecule has 0 unspecified atom stereocenters. The van der Waals surface area contributed by atoms with E-state index in [0.717, 1.165) is 6.42 Å². The van der Waals surface area contributed by atoms with E-state index in [2.05, 4.69) is 4.72 Å². The number of anilines is 1. The van der Waals surface area contributed by atoms with Gasteiger partial charge < -0.3 is 4.74 Å². The molecule has 1 radical (unpaired) electrons. The number of carbonyl (C=O) groups excluding carboxylic acids is 1. The van der Waals surface area contributed by atoms with Crippen LogP contribution in [-0.2, 0) is 15.6 Å². The van der Waals surface area contributed by atoms with Crippen molar-refractivity contribution in [3.05, 3.63) is 29.8 Å². The van der Waals surface area contributed by atoms with Crippen molar-refractivity contribution in [2.75, 3.05) is 11.3 Å². The largest absolute Gasteiger partial charge is 0.462 e. The van der Waals surface area contributed by atoms with Crippen molar-refractivity contribution in [2.45, 2.75) is 13.3 Å². The molecule has 0 aliphatic rings. The fourth-order valence-corrected chi connectivity index (χ4v) is 1.42. The van der Waals surface area contributed by atoms with Gasteiger partial charge in [0, 0.05) is 35.2 Å². The molecule has 7 heteroatoms. The van der Waals surface area contributed by atoms with E-state index >= 15 is 0 Å². The van der Waals surface area contributed by atoms with Crippen LogP contribution in [-0.4, -0.2) is 50.6 Å². The molecule has 0 saturated heterocycles. The first-order chi connectivity index (χ1) is 7.63. The Balaban J connectivity index is 0.00000256. The van der Waals surface area contributed by atoms with Crippen LogP contribution in [0.2, 0.25) is 0 Å². The third-order valence-electron chi connectivity index (χ3n) is 1.78. The molecule has 0 aliphatic heterocycles. The van der Waals surface area contributed by atoms with E-state index in [4.69, 9.17) is 4.74 Å². The fourth-order valence-electron chi connectivity index (χ4n) is 1.06. The Morgan fingerprint density at radius 3 is 2.35 bits per heavy atom. The number of benzene rings is 1. The average molecular weight is 266 g/mol. The Hall–Kier alpha value is -0.560. The van der Waals surface area contributed by atoms with Gasteiger partial charge in [-0.3, -0.25) is 4.72 Å². The molecule has 0 fully saturated rings. The Kier molecular flexibility index (Phi) is 8.24. The van der Waals surface area contributed by atoms with E-state index in [1.54, 1.807) is 0 Å². The molecule has 0 bridgehead atoms. The topological polar surface area (TPSA) is 72.5 Å². The van der Waals surface area contributed by atoms with E-state index < -0.39 is 16.9 Å². The van der Waals surface area contributed by atoms with Gasteiger partial charge in [-0.05, 0) is 30.7 Å².